The SMILES string of the molecule is CC1CS(=O)(=O)c2cccc(F)c2NC1=O. The monoisotopic (exact) mass is 243 g/mol. The Labute approximate surface area is 92.4 Å². The van der Waals surface area contributed by atoms with Crippen molar-refractivity contribution < 1.29 is 17.6 Å². The number of halogens is 1. The van der Waals surface area contributed by atoms with Crippen molar-refractivity contribution >= 4 is 21.4 Å². The van der Waals surface area contributed by atoms with Gasteiger partial charge >= 0.3 is 0 Å². The summed E-state index contributed by atoms with van der Waals surface area (Å²) in [7, 11) is -3.61. The molecule has 1 unspecified atom stereocenters. The van der Waals surface area contributed by atoms with Crippen LogP contribution in [0.5, 0.6) is 0 Å². The summed E-state index contributed by atoms with van der Waals surface area (Å²) < 4.78 is 37.1. The van der Waals surface area contributed by atoms with E-state index in [9.17, 15) is 17.6 Å². The molecule has 0 spiro atoms. The van der Waals surface area contributed by atoms with Crippen molar-refractivity contribution in [1.82, 2.24) is 0 Å². The van der Waals surface area contributed by atoms with E-state index in [2.05, 4.69) is 5.32 Å². The molecule has 1 atom stereocenters. The second-order valence-corrected chi connectivity index (χ2v) is 5.79. The Morgan fingerprint density at radius 3 is 2.81 bits per heavy atom. The fraction of sp³-hybridized carbons (Fsp3) is 0.300. The summed E-state index contributed by atoms with van der Waals surface area (Å²) in [6.45, 7) is 1.50. The van der Waals surface area contributed by atoms with Crippen molar-refractivity contribution in [3.8, 4) is 0 Å². The minimum atomic E-state index is -3.61. The van der Waals surface area contributed by atoms with Gasteiger partial charge < -0.3 is 5.32 Å². The lowest BCUT2D eigenvalue weighted by Gasteiger charge is -2.06. The van der Waals surface area contributed by atoms with Crippen molar-refractivity contribution in [2.24, 2.45) is 5.92 Å². The van der Waals surface area contributed by atoms with E-state index in [1.807, 2.05) is 0 Å². The van der Waals surface area contributed by atoms with Crippen molar-refractivity contribution in [3.63, 3.8) is 0 Å². The molecule has 1 heterocycles. The second-order valence-electron chi connectivity index (χ2n) is 3.78. The molecule has 1 aliphatic rings. The summed E-state index contributed by atoms with van der Waals surface area (Å²) >= 11 is 0. The zero-order chi connectivity index (χ0) is 11.9. The van der Waals surface area contributed by atoms with Gasteiger partial charge in [-0.2, -0.15) is 0 Å². The fourth-order valence-electron chi connectivity index (χ4n) is 1.63. The first-order chi connectivity index (χ1) is 7.42. The van der Waals surface area contributed by atoms with Gasteiger partial charge in [0.15, 0.2) is 9.84 Å². The van der Waals surface area contributed by atoms with Crippen LogP contribution in [0.15, 0.2) is 23.1 Å². The van der Waals surface area contributed by atoms with Crippen LogP contribution in [0.4, 0.5) is 10.1 Å². The number of para-hydroxylation sites is 1. The van der Waals surface area contributed by atoms with Crippen LogP contribution in [0.3, 0.4) is 0 Å². The van der Waals surface area contributed by atoms with Crippen LogP contribution < -0.4 is 5.32 Å². The molecule has 1 N–H and O–H groups in total. The quantitative estimate of drug-likeness (QED) is 0.744. The maximum atomic E-state index is 13.4. The Balaban J connectivity index is 2.70. The minimum absolute atomic E-state index is 0.148. The number of hydrogen-bond acceptors (Lipinski definition) is 3. The van der Waals surface area contributed by atoms with E-state index >= 15 is 0 Å². The van der Waals surface area contributed by atoms with Crippen LogP contribution in [-0.2, 0) is 14.6 Å². The number of rotatable bonds is 0. The summed E-state index contributed by atoms with van der Waals surface area (Å²) in [5.74, 6) is -2.19. The Kier molecular flexibility index (Phi) is 2.46. The molecule has 0 aromatic heterocycles. The lowest BCUT2D eigenvalue weighted by Crippen LogP contribution is -2.22. The standard InChI is InChI=1S/C10H10FNO3S/c1-6-5-16(14,15)8-4-2-3-7(11)9(8)12-10(6)13/h2-4,6H,5H2,1H3,(H,12,13). The summed E-state index contributed by atoms with van der Waals surface area (Å²) in [5, 5.41) is 2.30. The molecule has 1 aliphatic heterocycles. The number of anilines is 1. The van der Waals surface area contributed by atoms with Gasteiger partial charge in [0, 0.05) is 5.92 Å². The average Bonchev–Trinajstić information content (AvgIpc) is 2.26. The van der Waals surface area contributed by atoms with E-state index in [0.29, 0.717) is 0 Å². The molecule has 1 amide bonds. The molecule has 1 aromatic rings. The van der Waals surface area contributed by atoms with Crippen LogP contribution in [0.25, 0.3) is 0 Å². The van der Waals surface area contributed by atoms with Gasteiger partial charge in [0.1, 0.15) is 5.82 Å². The zero-order valence-electron chi connectivity index (χ0n) is 8.53. The molecule has 86 valence electrons. The van der Waals surface area contributed by atoms with Crippen LogP contribution >= 0.6 is 0 Å². The van der Waals surface area contributed by atoms with Crippen molar-refractivity contribution in [3.05, 3.63) is 24.0 Å². The van der Waals surface area contributed by atoms with E-state index < -0.39 is 27.5 Å². The molecule has 4 nitrogen and oxygen atoms in total. The summed E-state index contributed by atoms with van der Waals surface area (Å²) in [5.41, 5.74) is -0.239. The van der Waals surface area contributed by atoms with Crippen LogP contribution in [0.1, 0.15) is 6.92 Å². The van der Waals surface area contributed by atoms with Gasteiger partial charge in [0.2, 0.25) is 5.91 Å². The van der Waals surface area contributed by atoms with Gasteiger partial charge in [-0.3, -0.25) is 4.79 Å². The lowest BCUT2D eigenvalue weighted by molar-refractivity contribution is -0.118. The van der Waals surface area contributed by atoms with Gasteiger partial charge in [-0.15, -0.1) is 0 Å². The summed E-state index contributed by atoms with van der Waals surface area (Å²) in [4.78, 5) is 11.3. The van der Waals surface area contributed by atoms with Gasteiger partial charge in [0.25, 0.3) is 0 Å². The highest BCUT2D eigenvalue weighted by Crippen LogP contribution is 2.29. The molecule has 0 saturated carbocycles. The third-order valence-electron chi connectivity index (χ3n) is 2.48. The number of benzene rings is 1. The zero-order valence-corrected chi connectivity index (χ0v) is 9.34. The fourth-order valence-corrected chi connectivity index (χ4v) is 3.36. The maximum Gasteiger partial charge on any atom is 0.228 e. The second kappa shape index (κ2) is 3.55. The van der Waals surface area contributed by atoms with Crippen LogP contribution in [-0.4, -0.2) is 20.1 Å². The predicted octanol–water partition coefficient (Wildman–Crippen LogP) is 1.19. The first-order valence-electron chi connectivity index (χ1n) is 4.74. The first kappa shape index (κ1) is 11.1. The highest BCUT2D eigenvalue weighted by atomic mass is 32.2. The molecule has 0 radical (unpaired) electrons. The molecule has 0 fully saturated rings. The summed E-state index contributed by atoms with van der Waals surface area (Å²) in [6.07, 6.45) is 0. The van der Waals surface area contributed by atoms with E-state index in [1.54, 1.807) is 0 Å². The number of nitrogens with one attached hydrogen (secondary N) is 1. The Morgan fingerprint density at radius 1 is 1.44 bits per heavy atom. The Hall–Kier alpha value is -1.43. The normalized spacial score (nSPS) is 23.1. The number of carbonyl (C=O) groups excluding carboxylic acids is 1. The van der Waals surface area contributed by atoms with Gasteiger partial charge in [-0.1, -0.05) is 13.0 Å². The largest absolute Gasteiger partial charge is 0.322 e. The summed E-state index contributed by atoms with van der Waals surface area (Å²) in [6, 6.07) is 3.73. The topological polar surface area (TPSA) is 63.2 Å². The predicted molar refractivity (Wildman–Crippen MR) is 56.2 cm³/mol. The van der Waals surface area contributed by atoms with E-state index in [1.165, 1.54) is 19.1 Å². The number of fused-ring (bicyclic) bond motifs is 1. The minimum Gasteiger partial charge on any atom is -0.322 e. The van der Waals surface area contributed by atoms with Crippen LogP contribution in [0.2, 0.25) is 0 Å². The van der Waals surface area contributed by atoms with Crippen molar-refractivity contribution in [1.29, 1.82) is 0 Å². The Bertz CT molecular complexity index is 553. The van der Waals surface area contributed by atoms with Crippen LogP contribution in [0, 0.1) is 11.7 Å². The third kappa shape index (κ3) is 1.69. The van der Waals surface area contributed by atoms with Crippen molar-refractivity contribution in [2.45, 2.75) is 11.8 Å². The smallest absolute Gasteiger partial charge is 0.228 e. The first-order valence-corrected chi connectivity index (χ1v) is 6.39. The highest BCUT2D eigenvalue weighted by Gasteiger charge is 2.31. The third-order valence-corrected chi connectivity index (χ3v) is 4.42. The Morgan fingerprint density at radius 2 is 2.12 bits per heavy atom. The molecule has 0 bridgehead atoms. The molecule has 16 heavy (non-hydrogen) atoms. The number of amides is 1. The molecule has 0 saturated heterocycles. The van der Waals surface area contributed by atoms with E-state index in [0.717, 1.165) is 6.07 Å². The molecule has 6 heteroatoms. The molecule has 0 aliphatic carbocycles. The lowest BCUT2D eigenvalue weighted by atomic mass is 10.2. The number of carbonyl (C=O) groups is 1. The number of hydrogen-bond donors (Lipinski definition) is 1. The molecule has 1 aromatic carbocycles. The molecular weight excluding hydrogens is 233 g/mol. The van der Waals surface area contributed by atoms with Gasteiger partial charge in [-0.25, -0.2) is 12.8 Å². The van der Waals surface area contributed by atoms with E-state index in [-0.39, 0.29) is 16.3 Å². The molecular formula is C10H10FNO3S. The maximum absolute atomic E-state index is 13.4. The van der Waals surface area contributed by atoms with Gasteiger partial charge in [-0.05, 0) is 12.1 Å². The number of sulfone groups is 1. The highest BCUT2D eigenvalue weighted by molar-refractivity contribution is 7.91. The van der Waals surface area contributed by atoms with Crippen molar-refractivity contribution in [2.75, 3.05) is 11.1 Å². The van der Waals surface area contributed by atoms with E-state index in [4.69, 9.17) is 0 Å². The average molecular weight is 243 g/mol. The molecule has 2 rings (SSSR count). The van der Waals surface area contributed by atoms with Gasteiger partial charge in [0.05, 0.1) is 16.3 Å².